The van der Waals surface area contributed by atoms with Crippen molar-refractivity contribution in [3.63, 3.8) is 0 Å². The first-order chi connectivity index (χ1) is 9.79. The van der Waals surface area contributed by atoms with Crippen LogP contribution in [0.3, 0.4) is 0 Å². The zero-order valence-electron chi connectivity index (χ0n) is 12.0. The molecule has 0 atom stereocenters. The average molecular weight is 265 g/mol. The van der Waals surface area contributed by atoms with Gasteiger partial charge in [0.15, 0.2) is 5.65 Å². The number of aryl methyl sites for hydroxylation is 2. The van der Waals surface area contributed by atoms with Crippen molar-refractivity contribution in [2.75, 3.05) is 0 Å². The fraction of sp³-hybridized carbons (Fsp3) is 0.294. The first-order valence-electron chi connectivity index (χ1n) is 7.14. The van der Waals surface area contributed by atoms with Crippen LogP contribution in [0.1, 0.15) is 30.3 Å². The highest BCUT2D eigenvalue weighted by Gasteiger charge is 2.12. The van der Waals surface area contributed by atoms with Crippen LogP contribution in [0.5, 0.6) is 0 Å². The van der Waals surface area contributed by atoms with Gasteiger partial charge in [-0.1, -0.05) is 31.2 Å². The van der Waals surface area contributed by atoms with E-state index in [4.69, 9.17) is 4.98 Å². The largest absolute Gasteiger partial charge is 0.312 e. The monoisotopic (exact) mass is 265 g/mol. The number of benzene rings is 1. The van der Waals surface area contributed by atoms with Crippen LogP contribution in [-0.2, 0) is 13.0 Å². The molecule has 0 aliphatic carbocycles. The lowest BCUT2D eigenvalue weighted by Gasteiger charge is -2.08. The molecular weight excluding hydrogens is 246 g/mol. The summed E-state index contributed by atoms with van der Waals surface area (Å²) in [6.45, 7) is 5.31. The van der Waals surface area contributed by atoms with Gasteiger partial charge in [0.05, 0.1) is 0 Å². The van der Waals surface area contributed by atoms with E-state index in [9.17, 15) is 0 Å². The van der Waals surface area contributed by atoms with Gasteiger partial charge in [-0.2, -0.15) is 0 Å². The number of hydrogen-bond donors (Lipinski definition) is 0. The van der Waals surface area contributed by atoms with Crippen LogP contribution in [0.2, 0.25) is 0 Å². The summed E-state index contributed by atoms with van der Waals surface area (Å²) in [5, 5.41) is 0. The van der Waals surface area contributed by atoms with Gasteiger partial charge in [-0.05, 0) is 36.6 Å². The molecule has 0 spiro atoms. The first kappa shape index (κ1) is 12.9. The molecule has 20 heavy (non-hydrogen) atoms. The molecule has 0 fully saturated rings. The third-order valence-corrected chi connectivity index (χ3v) is 3.64. The number of nitrogens with zero attached hydrogens (tertiary/aromatic N) is 3. The molecule has 3 heteroatoms. The van der Waals surface area contributed by atoms with Crippen LogP contribution in [0.25, 0.3) is 11.2 Å². The lowest BCUT2D eigenvalue weighted by molar-refractivity contribution is 0.659. The van der Waals surface area contributed by atoms with Crippen molar-refractivity contribution in [2.45, 2.75) is 33.2 Å². The molecule has 3 nitrogen and oxygen atoms in total. The molecule has 3 aromatic rings. The lowest BCUT2D eigenvalue weighted by Crippen LogP contribution is -2.05. The molecule has 0 N–H and O–H groups in total. The minimum atomic E-state index is 0.864. The Morgan fingerprint density at radius 3 is 2.75 bits per heavy atom. The quantitative estimate of drug-likeness (QED) is 0.719. The summed E-state index contributed by atoms with van der Waals surface area (Å²) < 4.78 is 2.25. The predicted molar refractivity (Wildman–Crippen MR) is 81.8 cm³/mol. The van der Waals surface area contributed by atoms with Gasteiger partial charge < -0.3 is 4.57 Å². The van der Waals surface area contributed by atoms with Gasteiger partial charge in [-0.15, -0.1) is 0 Å². The molecule has 0 unspecified atom stereocenters. The zero-order chi connectivity index (χ0) is 13.9. The van der Waals surface area contributed by atoms with Gasteiger partial charge in [0.1, 0.15) is 11.3 Å². The summed E-state index contributed by atoms with van der Waals surface area (Å²) in [5.41, 5.74) is 4.64. The van der Waals surface area contributed by atoms with E-state index in [1.54, 1.807) is 0 Å². The van der Waals surface area contributed by atoms with Crippen molar-refractivity contribution in [1.29, 1.82) is 0 Å². The van der Waals surface area contributed by atoms with Crippen LogP contribution in [-0.4, -0.2) is 14.5 Å². The maximum absolute atomic E-state index is 4.77. The van der Waals surface area contributed by atoms with Crippen molar-refractivity contribution in [1.82, 2.24) is 14.5 Å². The molecule has 0 amide bonds. The summed E-state index contributed by atoms with van der Waals surface area (Å²) >= 11 is 0. The van der Waals surface area contributed by atoms with Crippen molar-refractivity contribution in [3.8, 4) is 0 Å². The van der Waals surface area contributed by atoms with E-state index in [0.717, 1.165) is 36.4 Å². The highest BCUT2D eigenvalue weighted by Crippen LogP contribution is 2.18. The number of fused-ring (bicyclic) bond motifs is 1. The highest BCUT2D eigenvalue weighted by atomic mass is 15.1. The van der Waals surface area contributed by atoms with Gasteiger partial charge in [0, 0.05) is 19.2 Å². The van der Waals surface area contributed by atoms with Crippen LogP contribution in [0.15, 0.2) is 42.6 Å². The molecule has 0 saturated carbocycles. The van der Waals surface area contributed by atoms with E-state index in [0.29, 0.717) is 0 Å². The van der Waals surface area contributed by atoms with Crippen molar-refractivity contribution in [2.24, 2.45) is 0 Å². The highest BCUT2D eigenvalue weighted by molar-refractivity contribution is 5.71. The molecule has 0 radical (unpaired) electrons. The zero-order valence-corrected chi connectivity index (χ0v) is 12.0. The van der Waals surface area contributed by atoms with Crippen LogP contribution >= 0.6 is 0 Å². The first-order valence-corrected chi connectivity index (χ1v) is 7.14. The minimum Gasteiger partial charge on any atom is -0.312 e. The van der Waals surface area contributed by atoms with Crippen LogP contribution in [0.4, 0.5) is 0 Å². The fourth-order valence-corrected chi connectivity index (χ4v) is 2.58. The summed E-state index contributed by atoms with van der Waals surface area (Å²) in [6.07, 6.45) is 3.79. The summed E-state index contributed by atoms with van der Waals surface area (Å²) in [4.78, 5) is 9.25. The van der Waals surface area contributed by atoms with Crippen molar-refractivity contribution in [3.05, 3.63) is 59.5 Å². The maximum Gasteiger partial charge on any atom is 0.159 e. The Kier molecular flexibility index (Phi) is 3.50. The Hall–Kier alpha value is -2.16. The molecule has 0 aliphatic heterocycles. The number of pyridine rings is 1. The predicted octanol–water partition coefficient (Wildman–Crippen LogP) is 3.74. The number of imidazole rings is 1. The number of rotatable bonds is 4. The maximum atomic E-state index is 4.77. The van der Waals surface area contributed by atoms with E-state index >= 15 is 0 Å². The Labute approximate surface area is 119 Å². The second kappa shape index (κ2) is 5.45. The normalized spacial score (nSPS) is 11.1. The molecule has 3 rings (SSSR count). The SMILES string of the molecule is CCCn1c(Cc2ccccc2C)nc2cccnc21. The number of aromatic nitrogens is 3. The van der Waals surface area contributed by atoms with E-state index in [2.05, 4.69) is 47.7 Å². The van der Waals surface area contributed by atoms with Gasteiger partial charge in [0.25, 0.3) is 0 Å². The molecule has 0 bridgehead atoms. The standard InChI is InChI=1S/C17H19N3/c1-3-11-20-16(12-14-8-5-4-7-13(14)2)19-15-9-6-10-18-17(15)20/h4-10H,3,11-12H2,1-2H3. The lowest BCUT2D eigenvalue weighted by atomic mass is 10.1. The Balaban J connectivity index is 2.06. The van der Waals surface area contributed by atoms with Crippen LogP contribution in [0, 0.1) is 6.92 Å². The smallest absolute Gasteiger partial charge is 0.159 e. The van der Waals surface area contributed by atoms with Crippen molar-refractivity contribution < 1.29 is 0 Å². The summed E-state index contributed by atoms with van der Waals surface area (Å²) in [5.74, 6) is 1.11. The van der Waals surface area contributed by atoms with Gasteiger partial charge in [-0.3, -0.25) is 0 Å². The van der Waals surface area contributed by atoms with Gasteiger partial charge >= 0.3 is 0 Å². The minimum absolute atomic E-state index is 0.864. The summed E-state index contributed by atoms with van der Waals surface area (Å²) in [7, 11) is 0. The van der Waals surface area contributed by atoms with E-state index in [-0.39, 0.29) is 0 Å². The van der Waals surface area contributed by atoms with E-state index in [1.165, 1.54) is 11.1 Å². The Bertz CT molecular complexity index is 728. The van der Waals surface area contributed by atoms with Gasteiger partial charge in [-0.25, -0.2) is 9.97 Å². The Morgan fingerprint density at radius 2 is 1.95 bits per heavy atom. The molecule has 2 aromatic heterocycles. The molecule has 102 valence electrons. The number of hydrogen-bond acceptors (Lipinski definition) is 2. The fourth-order valence-electron chi connectivity index (χ4n) is 2.58. The van der Waals surface area contributed by atoms with Gasteiger partial charge in [0.2, 0.25) is 0 Å². The van der Waals surface area contributed by atoms with E-state index < -0.39 is 0 Å². The van der Waals surface area contributed by atoms with Crippen LogP contribution < -0.4 is 0 Å². The third kappa shape index (κ3) is 2.31. The molecule has 0 saturated heterocycles. The second-order valence-corrected chi connectivity index (χ2v) is 5.13. The third-order valence-electron chi connectivity index (χ3n) is 3.64. The molecule has 0 aliphatic rings. The van der Waals surface area contributed by atoms with Crippen molar-refractivity contribution >= 4 is 11.2 Å². The Morgan fingerprint density at radius 1 is 1.10 bits per heavy atom. The second-order valence-electron chi connectivity index (χ2n) is 5.13. The topological polar surface area (TPSA) is 30.7 Å². The summed E-state index contributed by atoms with van der Waals surface area (Å²) in [6, 6.07) is 12.5. The molecular formula is C17H19N3. The molecule has 2 heterocycles. The molecule has 1 aromatic carbocycles. The van der Waals surface area contributed by atoms with E-state index in [1.807, 2.05) is 18.3 Å². The average Bonchev–Trinajstić information content (AvgIpc) is 2.80.